The zero-order valence-corrected chi connectivity index (χ0v) is 15.6. The van der Waals surface area contributed by atoms with Crippen LogP contribution in [0.4, 0.5) is 0 Å². The van der Waals surface area contributed by atoms with E-state index in [2.05, 4.69) is 15.4 Å². The van der Waals surface area contributed by atoms with Crippen LogP contribution in [0, 0.1) is 13.8 Å². The summed E-state index contributed by atoms with van der Waals surface area (Å²) in [6, 6.07) is 7.64. The highest BCUT2D eigenvalue weighted by atomic mass is 32.2. The smallest absolute Gasteiger partial charge is 0.259 e. The van der Waals surface area contributed by atoms with Gasteiger partial charge in [-0.25, -0.2) is 13.4 Å². The lowest BCUT2D eigenvalue weighted by Gasteiger charge is -2.08. The molecular weight excluding hydrogens is 376 g/mol. The van der Waals surface area contributed by atoms with Crippen LogP contribution in [0.25, 0.3) is 10.2 Å². The first kappa shape index (κ1) is 18.2. The van der Waals surface area contributed by atoms with Gasteiger partial charge >= 0.3 is 0 Å². The van der Waals surface area contributed by atoms with E-state index < -0.39 is 15.9 Å². The molecule has 0 fully saturated rings. The van der Waals surface area contributed by atoms with Crippen molar-refractivity contribution in [2.45, 2.75) is 25.2 Å². The molecule has 0 spiro atoms. The Kier molecular flexibility index (Phi) is 4.90. The summed E-state index contributed by atoms with van der Waals surface area (Å²) in [6.45, 7) is 3.74. The van der Waals surface area contributed by atoms with Gasteiger partial charge in [-0.15, -0.1) is 16.2 Å². The maximum atomic E-state index is 12.2. The van der Waals surface area contributed by atoms with Crippen molar-refractivity contribution in [1.82, 2.24) is 20.2 Å². The van der Waals surface area contributed by atoms with E-state index in [1.807, 2.05) is 18.7 Å². The van der Waals surface area contributed by atoms with E-state index >= 15 is 0 Å². The van der Waals surface area contributed by atoms with Gasteiger partial charge in [0.15, 0.2) is 0 Å². The van der Waals surface area contributed by atoms with E-state index in [1.165, 1.54) is 23.5 Å². The van der Waals surface area contributed by atoms with Crippen LogP contribution in [0.1, 0.15) is 16.3 Å². The van der Waals surface area contributed by atoms with E-state index in [9.17, 15) is 18.0 Å². The molecule has 3 aromatic rings. The van der Waals surface area contributed by atoms with Crippen LogP contribution < -0.4 is 15.8 Å². The Morgan fingerprint density at radius 3 is 2.62 bits per heavy atom. The summed E-state index contributed by atoms with van der Waals surface area (Å²) in [4.78, 5) is 34.6. The van der Waals surface area contributed by atoms with Crippen molar-refractivity contribution in [3.63, 3.8) is 0 Å². The number of aromatic amines is 1. The Morgan fingerprint density at radius 2 is 1.92 bits per heavy atom. The number of H-pyrrole nitrogens is 1. The predicted octanol–water partition coefficient (Wildman–Crippen LogP) is 1.15. The second-order valence-corrected chi connectivity index (χ2v) is 8.51. The standard InChI is InChI=1S/C16H16N4O4S2/c1-9-10(2)25-16-14(9)15(22)17-12(18-16)8-13(21)19-20-26(23,24)11-6-4-3-5-7-11/h3-7,20H,8H2,1-2H3,(H,19,21)(H,17,18,22). The van der Waals surface area contributed by atoms with Gasteiger partial charge in [-0.05, 0) is 31.5 Å². The number of hydrogen-bond donors (Lipinski definition) is 3. The number of carbonyl (C=O) groups excluding carboxylic acids is 1. The SMILES string of the molecule is Cc1sc2nc(CC(=O)NNS(=O)(=O)c3ccccc3)[nH]c(=O)c2c1C. The van der Waals surface area contributed by atoms with Crippen LogP contribution in [-0.2, 0) is 21.2 Å². The van der Waals surface area contributed by atoms with Crippen LogP contribution in [0.5, 0.6) is 0 Å². The molecule has 136 valence electrons. The Balaban J connectivity index is 1.73. The number of thiophene rings is 1. The number of fused-ring (bicyclic) bond motifs is 1. The monoisotopic (exact) mass is 392 g/mol. The van der Waals surface area contributed by atoms with Crippen LogP contribution in [0.2, 0.25) is 0 Å². The van der Waals surface area contributed by atoms with E-state index in [0.29, 0.717) is 10.2 Å². The van der Waals surface area contributed by atoms with Crippen molar-refractivity contribution in [3.8, 4) is 0 Å². The molecular formula is C16H16N4O4S2. The third-order valence-electron chi connectivity index (χ3n) is 3.79. The minimum atomic E-state index is -3.86. The third-order valence-corrected chi connectivity index (χ3v) is 6.16. The summed E-state index contributed by atoms with van der Waals surface area (Å²) in [6.07, 6.45) is -0.265. The van der Waals surface area contributed by atoms with Gasteiger partial charge in [0.1, 0.15) is 10.7 Å². The molecule has 1 amide bonds. The molecule has 26 heavy (non-hydrogen) atoms. The number of sulfonamides is 1. The van der Waals surface area contributed by atoms with Gasteiger partial charge in [0.25, 0.3) is 15.6 Å². The molecule has 3 rings (SSSR count). The maximum absolute atomic E-state index is 12.2. The Hall–Kier alpha value is -2.56. The summed E-state index contributed by atoms with van der Waals surface area (Å²) in [5.74, 6) is -0.475. The predicted molar refractivity (Wildman–Crippen MR) is 98.3 cm³/mol. The molecule has 2 aromatic heterocycles. The van der Waals surface area contributed by atoms with Crippen molar-refractivity contribution < 1.29 is 13.2 Å². The number of hydrazine groups is 1. The summed E-state index contributed by atoms with van der Waals surface area (Å²) < 4.78 is 24.1. The Labute approximate surface area is 153 Å². The van der Waals surface area contributed by atoms with Crippen LogP contribution in [0.15, 0.2) is 40.0 Å². The number of nitrogens with one attached hydrogen (secondary N) is 3. The van der Waals surface area contributed by atoms with Gasteiger partial charge in [-0.1, -0.05) is 18.2 Å². The molecule has 0 saturated carbocycles. The number of amides is 1. The summed E-state index contributed by atoms with van der Waals surface area (Å²) in [5.41, 5.74) is 2.67. The number of aryl methyl sites for hydroxylation is 2. The molecule has 0 saturated heterocycles. The zero-order chi connectivity index (χ0) is 18.9. The Bertz CT molecular complexity index is 1130. The van der Waals surface area contributed by atoms with E-state index in [4.69, 9.17) is 0 Å². The molecule has 0 aliphatic rings. The molecule has 0 atom stereocenters. The molecule has 0 aliphatic carbocycles. The summed E-state index contributed by atoms with van der Waals surface area (Å²) in [7, 11) is -3.86. The minimum absolute atomic E-state index is 0.0257. The normalized spacial score (nSPS) is 11.6. The Morgan fingerprint density at radius 1 is 1.23 bits per heavy atom. The highest BCUT2D eigenvalue weighted by Gasteiger charge is 2.16. The number of aromatic nitrogens is 2. The van der Waals surface area contributed by atoms with Crippen LogP contribution in [-0.4, -0.2) is 24.3 Å². The lowest BCUT2D eigenvalue weighted by atomic mass is 10.2. The highest BCUT2D eigenvalue weighted by Crippen LogP contribution is 2.25. The summed E-state index contributed by atoms with van der Waals surface area (Å²) >= 11 is 1.37. The fourth-order valence-electron chi connectivity index (χ4n) is 2.36. The van der Waals surface area contributed by atoms with Crippen molar-refractivity contribution in [1.29, 1.82) is 0 Å². The van der Waals surface area contributed by atoms with Crippen molar-refractivity contribution in [3.05, 3.63) is 57.0 Å². The molecule has 1 aromatic carbocycles. The average molecular weight is 392 g/mol. The van der Waals surface area contributed by atoms with Crippen molar-refractivity contribution in [2.24, 2.45) is 0 Å². The quantitative estimate of drug-likeness (QED) is 0.563. The molecule has 10 heteroatoms. The first-order chi connectivity index (χ1) is 12.3. The minimum Gasteiger partial charge on any atom is -0.309 e. The molecule has 0 radical (unpaired) electrons. The second-order valence-electron chi connectivity index (χ2n) is 5.62. The van der Waals surface area contributed by atoms with Gasteiger partial charge in [-0.3, -0.25) is 15.0 Å². The zero-order valence-electron chi connectivity index (χ0n) is 14.0. The number of nitrogens with zero attached hydrogens (tertiary/aromatic N) is 1. The highest BCUT2D eigenvalue weighted by molar-refractivity contribution is 7.89. The molecule has 8 nitrogen and oxygen atoms in total. The van der Waals surface area contributed by atoms with Crippen molar-refractivity contribution >= 4 is 37.5 Å². The fraction of sp³-hybridized carbons (Fsp3) is 0.188. The average Bonchev–Trinajstić information content (AvgIpc) is 2.88. The number of rotatable bonds is 5. The largest absolute Gasteiger partial charge is 0.309 e. The molecule has 2 heterocycles. The van der Waals surface area contributed by atoms with Gasteiger partial charge in [0, 0.05) is 4.88 Å². The van der Waals surface area contributed by atoms with Crippen LogP contribution in [0.3, 0.4) is 0 Å². The topological polar surface area (TPSA) is 121 Å². The van der Waals surface area contributed by atoms with Gasteiger partial charge < -0.3 is 4.98 Å². The second kappa shape index (κ2) is 6.98. The summed E-state index contributed by atoms with van der Waals surface area (Å²) in [5, 5.41) is 0.515. The van der Waals surface area contributed by atoms with E-state index in [-0.39, 0.29) is 22.7 Å². The van der Waals surface area contributed by atoms with Gasteiger partial charge in [0.2, 0.25) is 5.91 Å². The first-order valence-corrected chi connectivity index (χ1v) is 9.92. The molecule has 0 aliphatic heterocycles. The van der Waals surface area contributed by atoms with Crippen LogP contribution >= 0.6 is 11.3 Å². The molecule has 0 unspecified atom stereocenters. The lowest BCUT2D eigenvalue weighted by Crippen LogP contribution is -2.42. The third kappa shape index (κ3) is 3.66. The first-order valence-electron chi connectivity index (χ1n) is 7.62. The number of hydrogen-bond acceptors (Lipinski definition) is 6. The molecule has 0 bridgehead atoms. The number of benzene rings is 1. The van der Waals surface area contributed by atoms with Gasteiger partial charge in [0.05, 0.1) is 16.7 Å². The van der Waals surface area contributed by atoms with E-state index in [0.717, 1.165) is 10.4 Å². The van der Waals surface area contributed by atoms with Gasteiger partial charge in [-0.2, -0.15) is 0 Å². The van der Waals surface area contributed by atoms with Crippen molar-refractivity contribution in [2.75, 3.05) is 0 Å². The fourth-order valence-corrected chi connectivity index (χ4v) is 4.29. The maximum Gasteiger partial charge on any atom is 0.259 e. The molecule has 3 N–H and O–H groups in total. The lowest BCUT2D eigenvalue weighted by molar-refractivity contribution is -0.121. The number of carbonyl (C=O) groups is 1. The van der Waals surface area contributed by atoms with E-state index in [1.54, 1.807) is 18.2 Å².